The third kappa shape index (κ3) is 5.84. The number of carbonyl (C=O) groups is 1. The number of anilines is 1. The first-order valence-corrected chi connectivity index (χ1v) is 7.72. The second-order valence-corrected chi connectivity index (χ2v) is 5.77. The Bertz CT molecular complexity index is 470. The molecule has 2 aliphatic heterocycles. The minimum Gasteiger partial charge on any atom is -0.380 e. The number of rotatable bonds is 4. The average Bonchev–Trinajstić information content (AvgIpc) is 2.98. The normalized spacial score (nSPS) is 23.6. The molecule has 0 aromatic heterocycles. The van der Waals surface area contributed by atoms with Crippen molar-refractivity contribution in [1.82, 2.24) is 10.2 Å². The summed E-state index contributed by atoms with van der Waals surface area (Å²) in [5, 5.41) is 6.83. The van der Waals surface area contributed by atoms with E-state index in [0.29, 0.717) is 19.1 Å². The largest absolute Gasteiger partial charge is 0.380 e. The van der Waals surface area contributed by atoms with Gasteiger partial charge >= 0.3 is 0 Å². The number of amides is 1. The topological polar surface area (TPSA) is 53.6 Å². The molecule has 0 aliphatic carbocycles. The molecule has 0 saturated carbocycles. The fourth-order valence-electron chi connectivity index (χ4n) is 2.97. The maximum atomic E-state index is 12.3. The van der Waals surface area contributed by atoms with E-state index in [9.17, 15) is 4.79 Å². The minimum atomic E-state index is 0. The van der Waals surface area contributed by atoms with Gasteiger partial charge in [-0.15, -0.1) is 24.8 Å². The second-order valence-electron chi connectivity index (χ2n) is 5.77. The first kappa shape index (κ1) is 20.0. The Hall–Kier alpha value is -1.01. The second kappa shape index (κ2) is 9.98. The van der Waals surface area contributed by atoms with Gasteiger partial charge in [-0.3, -0.25) is 4.79 Å². The summed E-state index contributed by atoms with van der Waals surface area (Å²) in [4.78, 5) is 14.3. The summed E-state index contributed by atoms with van der Waals surface area (Å²) in [5.41, 5.74) is 1.12. The number of hydrogen-bond acceptors (Lipinski definition) is 4. The Labute approximate surface area is 150 Å². The average molecular weight is 362 g/mol. The molecule has 2 heterocycles. The van der Waals surface area contributed by atoms with Crippen molar-refractivity contribution in [3.05, 3.63) is 30.3 Å². The van der Waals surface area contributed by atoms with Gasteiger partial charge in [-0.1, -0.05) is 18.2 Å². The third-order valence-electron chi connectivity index (χ3n) is 4.11. The number of ether oxygens (including phenoxy) is 1. The van der Waals surface area contributed by atoms with Crippen LogP contribution in [0.5, 0.6) is 0 Å². The molecule has 0 radical (unpaired) electrons. The Morgan fingerprint density at radius 2 is 2.09 bits per heavy atom. The maximum Gasteiger partial charge on any atom is 0.224 e. The molecule has 23 heavy (non-hydrogen) atoms. The van der Waals surface area contributed by atoms with E-state index in [2.05, 4.69) is 22.8 Å². The lowest BCUT2D eigenvalue weighted by atomic mass is 10.2. The van der Waals surface area contributed by atoms with Gasteiger partial charge in [0.25, 0.3) is 0 Å². The number of benzene rings is 1. The van der Waals surface area contributed by atoms with Crippen molar-refractivity contribution in [2.45, 2.75) is 24.9 Å². The predicted octanol–water partition coefficient (Wildman–Crippen LogP) is 1.92. The molecule has 2 unspecified atom stereocenters. The molecular formula is C16H25Cl2N3O2. The Morgan fingerprint density at radius 1 is 1.30 bits per heavy atom. The molecule has 3 rings (SSSR count). The zero-order valence-electron chi connectivity index (χ0n) is 13.1. The fourth-order valence-corrected chi connectivity index (χ4v) is 2.97. The molecule has 0 bridgehead atoms. The number of morpholine rings is 1. The highest BCUT2D eigenvalue weighted by Gasteiger charge is 2.28. The Morgan fingerprint density at radius 3 is 2.78 bits per heavy atom. The number of likely N-dealkylation sites (tertiary alicyclic amines) is 1. The van der Waals surface area contributed by atoms with Crippen LogP contribution in [0.2, 0.25) is 0 Å². The van der Waals surface area contributed by atoms with Gasteiger partial charge in [-0.2, -0.15) is 0 Å². The standard InChI is InChI=1S/C16H23N3O2.2ClH/c20-16(10-15-12-21-9-7-17-15)19-8-6-14(11-19)18-13-4-2-1-3-5-13;;/h1-5,14-15,17-18H,6-12H2;2*1H. The number of halogens is 2. The van der Waals surface area contributed by atoms with E-state index >= 15 is 0 Å². The van der Waals surface area contributed by atoms with Gasteiger partial charge < -0.3 is 20.3 Å². The summed E-state index contributed by atoms with van der Waals surface area (Å²) in [6, 6.07) is 10.7. The lowest BCUT2D eigenvalue weighted by molar-refractivity contribution is -0.131. The SMILES string of the molecule is Cl.Cl.O=C(CC1COCCN1)N1CCC(Nc2ccccc2)C1. The van der Waals surface area contributed by atoms with E-state index in [-0.39, 0.29) is 36.8 Å². The molecule has 7 heteroatoms. The smallest absolute Gasteiger partial charge is 0.224 e. The first-order chi connectivity index (χ1) is 10.3. The summed E-state index contributed by atoms with van der Waals surface area (Å²) in [6.07, 6.45) is 1.55. The summed E-state index contributed by atoms with van der Waals surface area (Å²) in [6.45, 7) is 3.87. The van der Waals surface area contributed by atoms with Gasteiger partial charge in [0.15, 0.2) is 0 Å². The Kier molecular flexibility index (Phi) is 8.69. The zero-order chi connectivity index (χ0) is 14.5. The van der Waals surface area contributed by atoms with Gasteiger partial charge in [0.2, 0.25) is 5.91 Å². The number of nitrogens with one attached hydrogen (secondary N) is 2. The summed E-state index contributed by atoms with van der Waals surface area (Å²) in [5.74, 6) is 0.232. The van der Waals surface area contributed by atoms with Gasteiger partial charge in [-0.05, 0) is 18.6 Å². The highest BCUT2D eigenvalue weighted by Crippen LogP contribution is 2.17. The minimum absolute atomic E-state index is 0. The zero-order valence-corrected chi connectivity index (χ0v) is 14.7. The van der Waals surface area contributed by atoms with Crippen LogP contribution >= 0.6 is 24.8 Å². The third-order valence-corrected chi connectivity index (χ3v) is 4.11. The molecule has 130 valence electrons. The van der Waals surface area contributed by atoms with Crippen molar-refractivity contribution in [3.63, 3.8) is 0 Å². The fraction of sp³-hybridized carbons (Fsp3) is 0.562. The van der Waals surface area contributed by atoms with Crippen LogP contribution in [0.25, 0.3) is 0 Å². The first-order valence-electron chi connectivity index (χ1n) is 7.72. The maximum absolute atomic E-state index is 12.3. The molecule has 5 nitrogen and oxygen atoms in total. The molecule has 1 aromatic carbocycles. The molecule has 2 aliphatic rings. The molecule has 1 aromatic rings. The highest BCUT2D eigenvalue weighted by atomic mass is 35.5. The van der Waals surface area contributed by atoms with Crippen molar-refractivity contribution < 1.29 is 9.53 Å². The Balaban J connectivity index is 0.00000132. The lowest BCUT2D eigenvalue weighted by Crippen LogP contribution is -2.45. The van der Waals surface area contributed by atoms with Crippen LogP contribution in [-0.2, 0) is 9.53 Å². The van der Waals surface area contributed by atoms with E-state index in [0.717, 1.165) is 38.3 Å². The van der Waals surface area contributed by atoms with Gasteiger partial charge in [0.05, 0.1) is 13.2 Å². The van der Waals surface area contributed by atoms with Crippen molar-refractivity contribution >= 4 is 36.4 Å². The van der Waals surface area contributed by atoms with E-state index < -0.39 is 0 Å². The van der Waals surface area contributed by atoms with E-state index in [1.165, 1.54) is 0 Å². The molecule has 2 atom stereocenters. The highest BCUT2D eigenvalue weighted by molar-refractivity contribution is 5.85. The van der Waals surface area contributed by atoms with Crippen molar-refractivity contribution in [1.29, 1.82) is 0 Å². The monoisotopic (exact) mass is 361 g/mol. The van der Waals surface area contributed by atoms with Crippen molar-refractivity contribution in [3.8, 4) is 0 Å². The van der Waals surface area contributed by atoms with Crippen LogP contribution in [0.1, 0.15) is 12.8 Å². The van der Waals surface area contributed by atoms with Crippen LogP contribution in [0, 0.1) is 0 Å². The van der Waals surface area contributed by atoms with E-state index in [1.807, 2.05) is 23.1 Å². The summed E-state index contributed by atoms with van der Waals surface area (Å²) < 4.78 is 5.40. The predicted molar refractivity (Wildman–Crippen MR) is 96.8 cm³/mol. The molecular weight excluding hydrogens is 337 g/mol. The molecule has 0 spiro atoms. The van der Waals surface area contributed by atoms with Crippen LogP contribution in [0.3, 0.4) is 0 Å². The quantitative estimate of drug-likeness (QED) is 0.860. The number of hydrogen-bond donors (Lipinski definition) is 2. The molecule has 1 amide bonds. The van der Waals surface area contributed by atoms with Gasteiger partial charge in [0, 0.05) is 43.8 Å². The van der Waals surface area contributed by atoms with Gasteiger partial charge in [0.1, 0.15) is 0 Å². The lowest BCUT2D eigenvalue weighted by Gasteiger charge is -2.25. The molecule has 2 saturated heterocycles. The number of carbonyl (C=O) groups excluding carboxylic acids is 1. The van der Waals surface area contributed by atoms with Crippen LogP contribution < -0.4 is 10.6 Å². The van der Waals surface area contributed by atoms with E-state index in [1.54, 1.807) is 0 Å². The van der Waals surface area contributed by atoms with Crippen LogP contribution in [0.15, 0.2) is 30.3 Å². The summed E-state index contributed by atoms with van der Waals surface area (Å²) >= 11 is 0. The molecule has 2 fully saturated rings. The number of nitrogens with zero attached hydrogens (tertiary/aromatic N) is 1. The van der Waals surface area contributed by atoms with Crippen molar-refractivity contribution in [2.24, 2.45) is 0 Å². The van der Waals surface area contributed by atoms with Crippen LogP contribution in [-0.4, -0.2) is 55.7 Å². The van der Waals surface area contributed by atoms with Crippen LogP contribution in [0.4, 0.5) is 5.69 Å². The molecule has 2 N–H and O–H groups in total. The van der Waals surface area contributed by atoms with E-state index in [4.69, 9.17) is 4.74 Å². The van der Waals surface area contributed by atoms with Crippen molar-refractivity contribution in [2.75, 3.05) is 38.2 Å². The summed E-state index contributed by atoms with van der Waals surface area (Å²) in [7, 11) is 0. The van der Waals surface area contributed by atoms with Gasteiger partial charge in [-0.25, -0.2) is 0 Å². The number of para-hydroxylation sites is 1.